The maximum absolute atomic E-state index is 6.17. The molecule has 2 rings (SSSR count). The van der Waals surface area contributed by atoms with Gasteiger partial charge in [-0.2, -0.15) is 0 Å². The lowest BCUT2D eigenvalue weighted by Crippen LogP contribution is -2.40. The standard InChI is InChI=1S/C16H26N2O2Si/c1-16(2,3)21(4,5)19-11-13-7-8-14(20-13)12-6-9-15(17)18-10-12/h6-10,12,15H,11,17H2,1-5H3. The molecule has 0 radical (unpaired) electrons. The van der Waals surface area contributed by atoms with Crippen molar-refractivity contribution in [2.24, 2.45) is 10.7 Å². The number of dihydropyridines is 1. The average molecular weight is 306 g/mol. The molecule has 1 aliphatic rings. The smallest absolute Gasteiger partial charge is 0.192 e. The lowest BCUT2D eigenvalue weighted by Gasteiger charge is -2.35. The molecule has 2 N–H and O–H groups in total. The van der Waals surface area contributed by atoms with Gasteiger partial charge in [-0.1, -0.05) is 26.8 Å². The largest absolute Gasteiger partial charge is 0.463 e. The zero-order chi connectivity index (χ0) is 15.7. The number of aliphatic imine (C=N–C) groups is 1. The van der Waals surface area contributed by atoms with Crippen LogP contribution in [0.15, 0.2) is 33.7 Å². The molecular weight excluding hydrogens is 280 g/mol. The Labute approximate surface area is 128 Å². The topological polar surface area (TPSA) is 60.8 Å². The number of allylic oxidation sites excluding steroid dienone is 1. The number of furan rings is 1. The monoisotopic (exact) mass is 306 g/mol. The Morgan fingerprint density at radius 2 is 2.00 bits per heavy atom. The van der Waals surface area contributed by atoms with Crippen molar-refractivity contribution >= 4 is 14.5 Å². The molecule has 1 aromatic heterocycles. The van der Waals surface area contributed by atoms with Gasteiger partial charge in [0.2, 0.25) is 0 Å². The van der Waals surface area contributed by atoms with Crippen LogP contribution in [0.5, 0.6) is 0 Å². The van der Waals surface area contributed by atoms with Crippen LogP contribution in [0, 0.1) is 0 Å². The van der Waals surface area contributed by atoms with Crippen LogP contribution in [-0.4, -0.2) is 20.7 Å². The summed E-state index contributed by atoms with van der Waals surface area (Å²) in [4.78, 5) is 4.20. The van der Waals surface area contributed by atoms with Gasteiger partial charge in [-0.3, -0.25) is 4.99 Å². The molecule has 2 atom stereocenters. The summed E-state index contributed by atoms with van der Waals surface area (Å²) in [6.45, 7) is 11.7. The van der Waals surface area contributed by atoms with Crippen LogP contribution < -0.4 is 5.73 Å². The first-order chi connectivity index (χ1) is 9.69. The molecule has 0 saturated heterocycles. The van der Waals surface area contributed by atoms with Crippen LogP contribution in [0.4, 0.5) is 0 Å². The number of rotatable bonds is 4. The molecule has 1 aliphatic heterocycles. The van der Waals surface area contributed by atoms with Crippen molar-refractivity contribution in [2.45, 2.75) is 57.6 Å². The minimum atomic E-state index is -1.74. The van der Waals surface area contributed by atoms with E-state index in [1.165, 1.54) is 0 Å². The normalized spacial score (nSPS) is 22.8. The first kappa shape index (κ1) is 16.2. The van der Waals surface area contributed by atoms with E-state index in [0.29, 0.717) is 6.61 Å². The van der Waals surface area contributed by atoms with Crippen LogP contribution in [-0.2, 0) is 11.0 Å². The molecular formula is C16H26N2O2Si. The Hall–Kier alpha value is -1.17. The van der Waals surface area contributed by atoms with Gasteiger partial charge in [0, 0.05) is 6.21 Å². The number of nitrogens with two attached hydrogens (primary N) is 1. The van der Waals surface area contributed by atoms with Gasteiger partial charge in [-0.25, -0.2) is 0 Å². The molecule has 21 heavy (non-hydrogen) atoms. The molecule has 1 aromatic rings. The highest BCUT2D eigenvalue weighted by Gasteiger charge is 2.37. The third-order valence-corrected chi connectivity index (χ3v) is 8.81. The Morgan fingerprint density at radius 1 is 1.29 bits per heavy atom. The predicted octanol–water partition coefficient (Wildman–Crippen LogP) is 3.81. The second-order valence-electron chi connectivity index (χ2n) is 7.05. The summed E-state index contributed by atoms with van der Waals surface area (Å²) in [6, 6.07) is 3.97. The summed E-state index contributed by atoms with van der Waals surface area (Å²) in [5.74, 6) is 1.83. The van der Waals surface area contributed by atoms with Crippen LogP contribution in [0.2, 0.25) is 18.1 Å². The molecule has 0 spiro atoms. The molecule has 0 fully saturated rings. The van der Waals surface area contributed by atoms with E-state index < -0.39 is 8.32 Å². The van der Waals surface area contributed by atoms with Crippen LogP contribution in [0.1, 0.15) is 38.2 Å². The summed E-state index contributed by atoms with van der Waals surface area (Å²) >= 11 is 0. The first-order valence-electron chi connectivity index (χ1n) is 7.39. The van der Waals surface area contributed by atoms with Gasteiger partial charge in [-0.05, 0) is 36.3 Å². The number of nitrogens with zero attached hydrogens (tertiary/aromatic N) is 1. The summed E-state index contributed by atoms with van der Waals surface area (Å²) < 4.78 is 12.1. The van der Waals surface area contributed by atoms with E-state index in [9.17, 15) is 0 Å². The lowest BCUT2D eigenvalue weighted by molar-refractivity contribution is 0.243. The van der Waals surface area contributed by atoms with Gasteiger partial charge in [0.25, 0.3) is 0 Å². The third kappa shape index (κ3) is 3.93. The highest BCUT2D eigenvalue weighted by atomic mass is 28.4. The van der Waals surface area contributed by atoms with Crippen molar-refractivity contribution in [1.29, 1.82) is 0 Å². The second kappa shape index (κ2) is 5.91. The fraction of sp³-hybridized carbons (Fsp3) is 0.562. The maximum Gasteiger partial charge on any atom is 0.192 e. The molecule has 0 bridgehead atoms. The molecule has 116 valence electrons. The molecule has 5 heteroatoms. The summed E-state index contributed by atoms with van der Waals surface area (Å²) in [6.07, 6.45) is 5.52. The molecule has 0 aromatic carbocycles. The van der Waals surface area contributed by atoms with Crippen LogP contribution in [0.25, 0.3) is 0 Å². The molecule has 2 heterocycles. The number of hydrogen-bond donors (Lipinski definition) is 1. The molecule has 0 aliphatic carbocycles. The SMILES string of the molecule is CC(C)(C)[Si](C)(C)OCc1ccc(C2C=CC(N)N=C2)o1. The minimum Gasteiger partial charge on any atom is -0.463 e. The molecule has 4 nitrogen and oxygen atoms in total. The van der Waals surface area contributed by atoms with Gasteiger partial charge >= 0.3 is 0 Å². The molecule has 2 unspecified atom stereocenters. The fourth-order valence-electron chi connectivity index (χ4n) is 1.81. The minimum absolute atomic E-state index is 0.0754. The molecule has 0 saturated carbocycles. The van der Waals surface area contributed by atoms with Gasteiger partial charge in [0.1, 0.15) is 17.7 Å². The van der Waals surface area contributed by atoms with Gasteiger partial charge in [0.15, 0.2) is 8.32 Å². The zero-order valence-corrected chi connectivity index (χ0v) is 14.6. The number of hydrogen-bond acceptors (Lipinski definition) is 4. The maximum atomic E-state index is 6.17. The van der Waals surface area contributed by atoms with E-state index in [2.05, 4.69) is 38.9 Å². The van der Waals surface area contributed by atoms with E-state index in [4.69, 9.17) is 14.6 Å². The third-order valence-electron chi connectivity index (χ3n) is 4.33. The predicted molar refractivity (Wildman–Crippen MR) is 89.0 cm³/mol. The summed E-state index contributed by atoms with van der Waals surface area (Å²) in [5, 5.41) is 0.206. The van der Waals surface area contributed by atoms with E-state index in [1.807, 2.05) is 30.5 Å². The molecule has 0 amide bonds. The average Bonchev–Trinajstić information content (AvgIpc) is 2.85. The van der Waals surface area contributed by atoms with E-state index in [1.54, 1.807) is 0 Å². The summed E-state index contributed by atoms with van der Waals surface area (Å²) in [7, 11) is -1.74. The van der Waals surface area contributed by atoms with Crippen LogP contribution >= 0.6 is 0 Å². The first-order valence-corrected chi connectivity index (χ1v) is 10.3. The van der Waals surface area contributed by atoms with Crippen molar-refractivity contribution in [3.05, 3.63) is 35.8 Å². The summed E-state index contributed by atoms with van der Waals surface area (Å²) in [5.41, 5.74) is 5.69. The van der Waals surface area contributed by atoms with E-state index in [-0.39, 0.29) is 17.1 Å². The highest BCUT2D eigenvalue weighted by molar-refractivity contribution is 6.74. The Bertz CT molecular complexity index is 527. The Kier molecular flexibility index (Phi) is 4.56. The van der Waals surface area contributed by atoms with Gasteiger partial charge < -0.3 is 14.6 Å². The van der Waals surface area contributed by atoms with Gasteiger partial charge in [-0.15, -0.1) is 0 Å². The quantitative estimate of drug-likeness (QED) is 0.679. The lowest BCUT2D eigenvalue weighted by atomic mass is 10.1. The van der Waals surface area contributed by atoms with Crippen molar-refractivity contribution in [2.75, 3.05) is 0 Å². The van der Waals surface area contributed by atoms with Crippen molar-refractivity contribution < 1.29 is 8.84 Å². The van der Waals surface area contributed by atoms with Crippen molar-refractivity contribution in [3.63, 3.8) is 0 Å². The Balaban J connectivity index is 1.98. The van der Waals surface area contributed by atoms with Crippen LogP contribution in [0.3, 0.4) is 0 Å². The Morgan fingerprint density at radius 3 is 2.57 bits per heavy atom. The highest BCUT2D eigenvalue weighted by Crippen LogP contribution is 2.37. The van der Waals surface area contributed by atoms with Crippen molar-refractivity contribution in [1.82, 2.24) is 0 Å². The van der Waals surface area contributed by atoms with E-state index in [0.717, 1.165) is 11.5 Å². The zero-order valence-electron chi connectivity index (χ0n) is 13.6. The van der Waals surface area contributed by atoms with E-state index >= 15 is 0 Å². The second-order valence-corrected chi connectivity index (χ2v) is 11.9. The van der Waals surface area contributed by atoms with Crippen molar-refractivity contribution in [3.8, 4) is 0 Å². The van der Waals surface area contributed by atoms with Gasteiger partial charge in [0.05, 0.1) is 12.5 Å². The fourth-order valence-corrected chi connectivity index (χ4v) is 2.75.